The lowest BCUT2D eigenvalue weighted by Crippen LogP contribution is -2.12. The third-order valence-electron chi connectivity index (χ3n) is 3.50. The summed E-state index contributed by atoms with van der Waals surface area (Å²) in [5.41, 5.74) is 2.00. The number of nitrogens with zero attached hydrogens (tertiary/aromatic N) is 1. The molecule has 0 aliphatic heterocycles. The highest BCUT2D eigenvalue weighted by atomic mass is 79.9. The fraction of sp³-hybridized carbons (Fsp3) is 0.111. The summed E-state index contributed by atoms with van der Waals surface area (Å²) in [6.45, 7) is 0. The second kappa shape index (κ2) is 7.40. The largest absolute Gasteiger partial charge is 0.444 e. The Kier molecular flexibility index (Phi) is 5.05. The van der Waals surface area contributed by atoms with Gasteiger partial charge in [0.1, 0.15) is 5.82 Å². The smallest absolute Gasteiger partial charge is 0.224 e. The van der Waals surface area contributed by atoms with E-state index < -0.39 is 0 Å². The van der Waals surface area contributed by atoms with Crippen molar-refractivity contribution in [1.29, 1.82) is 0 Å². The first-order valence-electron chi connectivity index (χ1n) is 7.34. The Bertz CT molecular complexity index is 850. The topological polar surface area (TPSA) is 55.1 Å². The molecule has 0 bridgehead atoms. The summed E-state index contributed by atoms with van der Waals surface area (Å²) in [5, 5.41) is 2.81. The van der Waals surface area contributed by atoms with Crippen molar-refractivity contribution < 1.29 is 13.6 Å². The van der Waals surface area contributed by atoms with Crippen LogP contribution in [-0.2, 0) is 11.2 Å². The summed E-state index contributed by atoms with van der Waals surface area (Å²) < 4.78 is 19.7. The van der Waals surface area contributed by atoms with Crippen molar-refractivity contribution in [3.05, 3.63) is 70.9 Å². The third-order valence-corrected chi connectivity index (χ3v) is 3.99. The third kappa shape index (κ3) is 4.08. The van der Waals surface area contributed by atoms with Crippen molar-refractivity contribution in [3.8, 4) is 11.3 Å². The molecule has 1 heterocycles. The van der Waals surface area contributed by atoms with Crippen LogP contribution in [0.4, 0.5) is 10.1 Å². The maximum Gasteiger partial charge on any atom is 0.224 e. The number of aryl methyl sites for hydroxylation is 1. The average Bonchev–Trinajstić information content (AvgIpc) is 3.09. The highest BCUT2D eigenvalue weighted by Crippen LogP contribution is 2.22. The number of hydrogen-bond donors (Lipinski definition) is 1. The fourth-order valence-electron chi connectivity index (χ4n) is 2.30. The SMILES string of the molecule is O=C(CCc1ccc(Br)cc1F)Nc1cccc(-c2cnco2)c1. The number of nitrogens with one attached hydrogen (secondary N) is 1. The lowest BCUT2D eigenvalue weighted by atomic mass is 10.1. The number of aromatic nitrogens is 1. The quantitative estimate of drug-likeness (QED) is 0.681. The summed E-state index contributed by atoms with van der Waals surface area (Å²) in [7, 11) is 0. The fourth-order valence-corrected chi connectivity index (χ4v) is 2.64. The first-order valence-corrected chi connectivity index (χ1v) is 8.14. The number of carbonyl (C=O) groups is 1. The highest BCUT2D eigenvalue weighted by molar-refractivity contribution is 9.10. The molecule has 0 saturated heterocycles. The van der Waals surface area contributed by atoms with Crippen molar-refractivity contribution >= 4 is 27.5 Å². The van der Waals surface area contributed by atoms with E-state index in [1.807, 2.05) is 12.1 Å². The number of benzene rings is 2. The molecule has 0 radical (unpaired) electrons. The second-order valence-corrected chi connectivity index (χ2v) is 6.15. The Morgan fingerprint density at radius 2 is 2.12 bits per heavy atom. The van der Waals surface area contributed by atoms with Crippen LogP contribution in [0.1, 0.15) is 12.0 Å². The molecule has 0 spiro atoms. The number of oxazole rings is 1. The van der Waals surface area contributed by atoms with Crippen molar-refractivity contribution in [2.24, 2.45) is 0 Å². The molecule has 0 atom stereocenters. The summed E-state index contributed by atoms with van der Waals surface area (Å²) in [4.78, 5) is 16.0. The normalized spacial score (nSPS) is 10.6. The molecule has 1 amide bonds. The van der Waals surface area contributed by atoms with E-state index in [4.69, 9.17) is 4.42 Å². The van der Waals surface area contributed by atoms with Crippen LogP contribution in [0.15, 0.2) is 63.9 Å². The minimum Gasteiger partial charge on any atom is -0.444 e. The number of carbonyl (C=O) groups excluding carboxylic acids is 1. The van der Waals surface area contributed by atoms with Gasteiger partial charge in [-0.1, -0.05) is 34.1 Å². The maximum atomic E-state index is 13.8. The average molecular weight is 389 g/mol. The van der Waals surface area contributed by atoms with Gasteiger partial charge in [0.05, 0.1) is 6.20 Å². The molecule has 0 aliphatic rings. The standard InChI is InChI=1S/C18H14BrFN2O2/c19-14-6-4-12(16(20)9-14)5-7-18(23)22-15-3-1-2-13(8-15)17-10-21-11-24-17/h1-4,6,8-11H,5,7H2,(H,22,23). The Morgan fingerprint density at radius 1 is 1.25 bits per heavy atom. The first-order chi connectivity index (χ1) is 11.6. The molecule has 0 saturated carbocycles. The first kappa shape index (κ1) is 16.4. The van der Waals surface area contributed by atoms with E-state index in [2.05, 4.69) is 26.2 Å². The molecule has 0 fully saturated rings. The van der Waals surface area contributed by atoms with Gasteiger partial charge < -0.3 is 9.73 Å². The van der Waals surface area contributed by atoms with E-state index in [9.17, 15) is 9.18 Å². The number of rotatable bonds is 5. The Balaban J connectivity index is 1.62. The van der Waals surface area contributed by atoms with Crippen LogP contribution >= 0.6 is 15.9 Å². The molecule has 3 aromatic rings. The van der Waals surface area contributed by atoms with Gasteiger partial charge in [-0.25, -0.2) is 9.37 Å². The lowest BCUT2D eigenvalue weighted by Gasteiger charge is -2.07. The zero-order valence-electron chi connectivity index (χ0n) is 12.6. The summed E-state index contributed by atoms with van der Waals surface area (Å²) >= 11 is 3.21. The lowest BCUT2D eigenvalue weighted by molar-refractivity contribution is -0.116. The number of amides is 1. The predicted molar refractivity (Wildman–Crippen MR) is 93.0 cm³/mol. The van der Waals surface area contributed by atoms with Crippen LogP contribution in [0, 0.1) is 5.82 Å². The van der Waals surface area contributed by atoms with E-state index in [1.165, 1.54) is 12.5 Å². The van der Waals surface area contributed by atoms with Crippen LogP contribution in [-0.4, -0.2) is 10.9 Å². The summed E-state index contributed by atoms with van der Waals surface area (Å²) in [6.07, 6.45) is 3.50. The van der Waals surface area contributed by atoms with Gasteiger partial charge in [0.25, 0.3) is 0 Å². The Hall–Kier alpha value is -2.47. The minimum absolute atomic E-state index is 0.174. The molecule has 1 N–H and O–H groups in total. The maximum absolute atomic E-state index is 13.8. The molecule has 122 valence electrons. The zero-order valence-corrected chi connectivity index (χ0v) is 14.2. The van der Waals surface area contributed by atoms with Gasteiger partial charge in [-0.15, -0.1) is 0 Å². The van der Waals surface area contributed by atoms with Gasteiger partial charge in [-0.3, -0.25) is 4.79 Å². The molecule has 0 unspecified atom stereocenters. The van der Waals surface area contributed by atoms with Crippen LogP contribution < -0.4 is 5.32 Å². The highest BCUT2D eigenvalue weighted by Gasteiger charge is 2.08. The van der Waals surface area contributed by atoms with Crippen molar-refractivity contribution in [1.82, 2.24) is 4.98 Å². The van der Waals surface area contributed by atoms with Gasteiger partial charge in [-0.2, -0.15) is 0 Å². The molecule has 0 aliphatic carbocycles. The van der Waals surface area contributed by atoms with Gasteiger partial charge in [-0.05, 0) is 36.2 Å². The summed E-state index contributed by atoms with van der Waals surface area (Å²) in [5.74, 6) is 0.138. The van der Waals surface area contributed by atoms with Crippen molar-refractivity contribution in [2.75, 3.05) is 5.32 Å². The van der Waals surface area contributed by atoms with Crippen LogP contribution in [0.25, 0.3) is 11.3 Å². The number of anilines is 1. The Labute approximate surface area is 146 Å². The summed E-state index contributed by atoms with van der Waals surface area (Å²) in [6, 6.07) is 12.1. The van der Waals surface area contributed by atoms with E-state index >= 15 is 0 Å². The molecule has 3 rings (SSSR count). The van der Waals surface area contributed by atoms with Gasteiger partial charge >= 0.3 is 0 Å². The molecule has 6 heteroatoms. The number of halogens is 2. The van der Waals surface area contributed by atoms with Crippen LogP contribution in [0.5, 0.6) is 0 Å². The van der Waals surface area contributed by atoms with Crippen molar-refractivity contribution in [3.63, 3.8) is 0 Å². The van der Waals surface area contributed by atoms with Crippen molar-refractivity contribution in [2.45, 2.75) is 12.8 Å². The zero-order chi connectivity index (χ0) is 16.9. The Morgan fingerprint density at radius 3 is 2.88 bits per heavy atom. The predicted octanol–water partition coefficient (Wildman–Crippen LogP) is 4.81. The molecule has 4 nitrogen and oxygen atoms in total. The van der Waals surface area contributed by atoms with E-state index in [0.29, 0.717) is 27.9 Å². The molecule has 2 aromatic carbocycles. The van der Waals surface area contributed by atoms with Gasteiger partial charge in [0.2, 0.25) is 5.91 Å². The van der Waals surface area contributed by atoms with Gasteiger partial charge in [0.15, 0.2) is 12.2 Å². The minimum atomic E-state index is -0.315. The monoisotopic (exact) mass is 388 g/mol. The van der Waals surface area contributed by atoms with E-state index in [-0.39, 0.29) is 18.1 Å². The van der Waals surface area contributed by atoms with E-state index in [1.54, 1.807) is 30.5 Å². The molecular formula is C18H14BrFN2O2. The molecule has 24 heavy (non-hydrogen) atoms. The van der Waals surface area contributed by atoms with E-state index in [0.717, 1.165) is 5.56 Å². The molecular weight excluding hydrogens is 375 g/mol. The molecule has 1 aromatic heterocycles. The van der Waals surface area contributed by atoms with Crippen LogP contribution in [0.2, 0.25) is 0 Å². The number of hydrogen-bond acceptors (Lipinski definition) is 3. The van der Waals surface area contributed by atoms with Crippen LogP contribution in [0.3, 0.4) is 0 Å². The second-order valence-electron chi connectivity index (χ2n) is 5.23. The van der Waals surface area contributed by atoms with Gasteiger partial charge in [0, 0.05) is 22.1 Å².